The number of amides is 4. The van der Waals surface area contributed by atoms with E-state index in [4.69, 9.17) is 16.7 Å². The molecule has 3 aromatic rings. The molecule has 0 spiro atoms. The Morgan fingerprint density at radius 2 is 1.65 bits per heavy atom. The third-order valence-corrected chi connectivity index (χ3v) is 11.3. The lowest BCUT2D eigenvalue weighted by Crippen LogP contribution is -2.53. The van der Waals surface area contributed by atoms with Crippen LogP contribution < -0.4 is 4.90 Å². The number of likely N-dealkylation sites (tertiary alicyclic amines) is 1. The lowest BCUT2D eigenvalue weighted by molar-refractivity contribution is -0.141. The molecule has 3 aromatic carbocycles. The lowest BCUT2D eigenvalue weighted by Gasteiger charge is -2.50. The standard InChI is InChI=1S/C39H37ClN2O7/c1-22-10-8-15-28(34(22)45)33-26-17-18-27-32(37(48)41(35(27)46)19-7-3-6-16-31(43)44)29(26)21-30-36(47)42(25-14-9-13-24(40)20-25)38(49)39(30,33)23-11-4-2-5-12-23/h2,4-5,8-15,17,20,27,29-30,32-33,45H,3,6-7,16,18-19,21H2,1H3,(H,43,44). The number of aromatic hydroxyl groups is 1. The fourth-order valence-corrected chi connectivity index (χ4v) is 9.20. The van der Waals surface area contributed by atoms with E-state index in [-0.39, 0.29) is 43.4 Å². The van der Waals surface area contributed by atoms with Gasteiger partial charge in [-0.25, -0.2) is 4.90 Å². The van der Waals surface area contributed by atoms with Crippen LogP contribution in [0, 0.1) is 30.6 Å². The Hall–Kier alpha value is -4.76. The zero-order valence-electron chi connectivity index (χ0n) is 27.1. The highest BCUT2D eigenvalue weighted by Crippen LogP contribution is 2.65. The number of carboxylic acids is 1. The zero-order chi connectivity index (χ0) is 34.6. The van der Waals surface area contributed by atoms with Crippen molar-refractivity contribution in [3.8, 4) is 5.75 Å². The van der Waals surface area contributed by atoms with Gasteiger partial charge in [0.05, 0.1) is 28.9 Å². The van der Waals surface area contributed by atoms with Crippen molar-refractivity contribution in [3.63, 3.8) is 0 Å². The SMILES string of the molecule is Cc1cccc(C2C3=CCC4C(=O)N(CCCCCC(=O)O)C(=O)C4C3CC3C(=O)N(c4cccc(Cl)c4)C(=O)C32c2ccccc2)c1O. The number of anilines is 1. The number of para-hydroxylation sites is 1. The molecule has 9 nitrogen and oxygen atoms in total. The molecule has 4 amide bonds. The summed E-state index contributed by atoms with van der Waals surface area (Å²) in [4.78, 5) is 71.4. The molecule has 1 saturated carbocycles. The number of fused-ring (bicyclic) bond motifs is 4. The number of carbonyl (C=O) groups excluding carboxylic acids is 4. The summed E-state index contributed by atoms with van der Waals surface area (Å²) < 4.78 is 0. The number of phenols is 1. The summed E-state index contributed by atoms with van der Waals surface area (Å²) in [7, 11) is 0. The minimum atomic E-state index is -1.46. The highest BCUT2D eigenvalue weighted by Gasteiger charge is 2.70. The minimum absolute atomic E-state index is 0.0171. The van der Waals surface area contributed by atoms with Crippen LogP contribution in [0.25, 0.3) is 0 Å². The summed E-state index contributed by atoms with van der Waals surface area (Å²) in [5.41, 5.74) is 1.39. The lowest BCUT2D eigenvalue weighted by atomic mass is 9.49. The molecule has 2 aliphatic heterocycles. The van der Waals surface area contributed by atoms with Gasteiger partial charge in [0.1, 0.15) is 5.75 Å². The number of unbranched alkanes of at least 4 members (excludes halogenated alkanes) is 2. The number of benzene rings is 3. The summed E-state index contributed by atoms with van der Waals surface area (Å²) in [6.45, 7) is 1.98. The van der Waals surface area contributed by atoms with Gasteiger partial charge in [-0.15, -0.1) is 0 Å². The monoisotopic (exact) mass is 680 g/mol. The summed E-state index contributed by atoms with van der Waals surface area (Å²) in [6, 6.07) is 21.2. The third kappa shape index (κ3) is 5.09. The molecule has 7 rings (SSSR count). The number of aryl methyl sites for hydroxylation is 1. The van der Waals surface area contributed by atoms with Crippen LogP contribution >= 0.6 is 11.6 Å². The smallest absolute Gasteiger partial charge is 0.303 e. The number of hydrogen-bond acceptors (Lipinski definition) is 6. The summed E-state index contributed by atoms with van der Waals surface area (Å²) in [5, 5.41) is 21.0. The fourth-order valence-electron chi connectivity index (χ4n) is 9.01. The van der Waals surface area contributed by atoms with E-state index in [1.54, 1.807) is 43.3 Å². The maximum atomic E-state index is 15.2. The van der Waals surface area contributed by atoms with Gasteiger partial charge >= 0.3 is 5.97 Å². The highest BCUT2D eigenvalue weighted by atomic mass is 35.5. The zero-order valence-corrected chi connectivity index (χ0v) is 27.8. The molecule has 6 atom stereocenters. The first-order chi connectivity index (χ1) is 23.6. The van der Waals surface area contributed by atoms with Crippen LogP contribution in [0.2, 0.25) is 5.02 Å². The van der Waals surface area contributed by atoms with Crippen molar-refractivity contribution in [3.05, 3.63) is 106 Å². The van der Waals surface area contributed by atoms with Crippen molar-refractivity contribution in [1.29, 1.82) is 0 Å². The number of carbonyl (C=O) groups is 5. The van der Waals surface area contributed by atoms with E-state index in [2.05, 4.69) is 0 Å². The quantitative estimate of drug-likeness (QED) is 0.157. The Bertz CT molecular complexity index is 1910. The molecule has 2 N–H and O–H groups in total. The number of halogens is 1. The number of rotatable bonds is 9. The number of nitrogens with zero attached hydrogens (tertiary/aromatic N) is 2. The molecular weight excluding hydrogens is 644 g/mol. The fraction of sp³-hybridized carbons (Fsp3) is 0.359. The van der Waals surface area contributed by atoms with E-state index in [0.29, 0.717) is 46.7 Å². The molecule has 49 heavy (non-hydrogen) atoms. The van der Waals surface area contributed by atoms with Crippen molar-refractivity contribution in [2.24, 2.45) is 23.7 Å². The van der Waals surface area contributed by atoms with Crippen molar-refractivity contribution in [2.45, 2.75) is 56.8 Å². The Kier molecular flexibility index (Phi) is 8.43. The Labute approximate surface area is 289 Å². The molecule has 0 aromatic heterocycles. The molecule has 4 aliphatic rings. The molecule has 252 valence electrons. The summed E-state index contributed by atoms with van der Waals surface area (Å²) in [6.07, 6.45) is 3.97. The van der Waals surface area contributed by atoms with E-state index in [1.165, 1.54) is 9.80 Å². The number of phenolic OH excluding ortho intramolecular Hbond substituents is 1. The van der Waals surface area contributed by atoms with Crippen LogP contribution in [-0.2, 0) is 29.4 Å². The van der Waals surface area contributed by atoms with Gasteiger partial charge < -0.3 is 10.2 Å². The van der Waals surface area contributed by atoms with Gasteiger partial charge in [0.2, 0.25) is 23.6 Å². The van der Waals surface area contributed by atoms with Gasteiger partial charge in [0.15, 0.2) is 0 Å². The summed E-state index contributed by atoms with van der Waals surface area (Å²) >= 11 is 6.37. The van der Waals surface area contributed by atoms with Gasteiger partial charge in [-0.05, 0) is 67.9 Å². The number of carboxylic acid groups (broad SMARTS) is 1. The average Bonchev–Trinajstić information content (AvgIpc) is 3.46. The summed E-state index contributed by atoms with van der Waals surface area (Å²) in [5.74, 6) is -5.86. The van der Waals surface area contributed by atoms with Crippen LogP contribution in [0.5, 0.6) is 5.75 Å². The molecule has 2 heterocycles. The molecule has 0 radical (unpaired) electrons. The maximum absolute atomic E-state index is 15.2. The second kappa shape index (κ2) is 12.6. The van der Waals surface area contributed by atoms with E-state index in [0.717, 1.165) is 5.57 Å². The third-order valence-electron chi connectivity index (χ3n) is 11.1. The average molecular weight is 681 g/mol. The predicted molar refractivity (Wildman–Crippen MR) is 182 cm³/mol. The van der Waals surface area contributed by atoms with Crippen molar-refractivity contribution < 1.29 is 34.2 Å². The predicted octanol–water partition coefficient (Wildman–Crippen LogP) is 6.16. The second-order valence-electron chi connectivity index (χ2n) is 13.6. The first-order valence-corrected chi connectivity index (χ1v) is 17.2. The van der Waals surface area contributed by atoms with Crippen molar-refractivity contribution in [2.75, 3.05) is 11.4 Å². The van der Waals surface area contributed by atoms with Crippen LogP contribution in [0.3, 0.4) is 0 Å². The van der Waals surface area contributed by atoms with Gasteiger partial charge in [-0.2, -0.15) is 0 Å². The van der Waals surface area contributed by atoms with E-state index < -0.39 is 52.8 Å². The van der Waals surface area contributed by atoms with Crippen LogP contribution in [0.1, 0.15) is 61.1 Å². The molecule has 6 unspecified atom stereocenters. The molecule has 2 saturated heterocycles. The minimum Gasteiger partial charge on any atom is -0.507 e. The molecular formula is C39H37ClN2O7. The Morgan fingerprint density at radius 3 is 2.39 bits per heavy atom. The van der Waals surface area contributed by atoms with Crippen LogP contribution in [-0.4, -0.2) is 51.3 Å². The number of imide groups is 2. The van der Waals surface area contributed by atoms with Gasteiger partial charge in [-0.3, -0.25) is 28.9 Å². The van der Waals surface area contributed by atoms with E-state index in [1.807, 2.05) is 42.5 Å². The van der Waals surface area contributed by atoms with Crippen LogP contribution in [0.4, 0.5) is 5.69 Å². The van der Waals surface area contributed by atoms with Gasteiger partial charge in [-0.1, -0.05) is 84.3 Å². The second-order valence-corrected chi connectivity index (χ2v) is 14.1. The topological polar surface area (TPSA) is 132 Å². The Morgan fingerprint density at radius 1 is 0.898 bits per heavy atom. The van der Waals surface area contributed by atoms with Gasteiger partial charge in [0, 0.05) is 29.5 Å². The van der Waals surface area contributed by atoms with E-state index in [9.17, 15) is 24.3 Å². The molecule has 0 bridgehead atoms. The largest absolute Gasteiger partial charge is 0.507 e. The van der Waals surface area contributed by atoms with Crippen molar-refractivity contribution >= 4 is 46.9 Å². The number of allylic oxidation sites excluding steroid dienone is 2. The first-order valence-electron chi connectivity index (χ1n) is 16.8. The normalized spacial score (nSPS) is 27.6. The molecule has 10 heteroatoms. The molecule has 3 fully saturated rings. The maximum Gasteiger partial charge on any atom is 0.303 e. The Balaban J connectivity index is 1.37. The highest BCUT2D eigenvalue weighted by molar-refractivity contribution is 6.32. The molecule has 2 aliphatic carbocycles. The van der Waals surface area contributed by atoms with Gasteiger partial charge in [0.25, 0.3) is 0 Å². The van der Waals surface area contributed by atoms with Crippen molar-refractivity contribution in [1.82, 2.24) is 4.90 Å². The number of aliphatic carboxylic acids is 1. The first kappa shape index (κ1) is 32.8. The van der Waals surface area contributed by atoms with E-state index >= 15 is 4.79 Å². The number of hydrogen-bond donors (Lipinski definition) is 2. The van der Waals surface area contributed by atoms with Crippen LogP contribution in [0.15, 0.2) is 84.4 Å².